The minimum Gasteiger partial charge on any atom is -0.486 e. The number of fused-ring (bicyclic) bond motifs is 2. The number of aromatic nitrogens is 2. The van der Waals surface area contributed by atoms with Gasteiger partial charge in [-0.3, -0.25) is 4.79 Å². The summed E-state index contributed by atoms with van der Waals surface area (Å²) in [6, 6.07) is 5.77. The Hall–Kier alpha value is -2.52. The number of esters is 1. The molecule has 1 aromatic carbocycles. The minimum atomic E-state index is -0.423. The van der Waals surface area contributed by atoms with Crippen molar-refractivity contribution < 1.29 is 19.0 Å². The molecule has 0 spiro atoms. The molecule has 0 amide bonds. The second-order valence-electron chi connectivity index (χ2n) is 6.47. The Morgan fingerprint density at radius 2 is 2.10 bits per heavy atom. The first-order valence-corrected chi connectivity index (χ1v) is 10.9. The molecule has 3 aromatic rings. The Bertz CT molecular complexity index is 1140. The van der Waals surface area contributed by atoms with E-state index in [0.29, 0.717) is 39.7 Å². The number of benzene rings is 1. The number of thiophene rings is 1. The van der Waals surface area contributed by atoms with Gasteiger partial charge in [0.15, 0.2) is 11.5 Å². The van der Waals surface area contributed by atoms with Crippen LogP contribution in [0.15, 0.2) is 27.9 Å². The summed E-state index contributed by atoms with van der Waals surface area (Å²) >= 11 is 2.75. The van der Waals surface area contributed by atoms with E-state index in [1.54, 1.807) is 25.6 Å². The van der Waals surface area contributed by atoms with E-state index in [2.05, 4.69) is 9.97 Å². The molecule has 0 fully saturated rings. The van der Waals surface area contributed by atoms with Gasteiger partial charge in [0.05, 0.1) is 17.2 Å². The second kappa shape index (κ2) is 8.08. The highest BCUT2D eigenvalue weighted by Gasteiger charge is 2.22. The average Bonchev–Trinajstić information content (AvgIpc) is 3.05. The standard InChI is InChI=1S/C20H20N2O5S2/c1-4-25-20(24)16-10(2)15-18(23)21-17(22-19(15)29-16)11(3)28-12-5-6-13-14(9-12)27-8-7-26-13/h5-6,9,11H,4,7-8H2,1-3H3,(H,21,22,23). The van der Waals surface area contributed by atoms with Crippen LogP contribution in [0.2, 0.25) is 0 Å². The Balaban J connectivity index is 1.63. The lowest BCUT2D eigenvalue weighted by Crippen LogP contribution is -2.15. The quantitative estimate of drug-likeness (QED) is 0.480. The van der Waals surface area contributed by atoms with Crippen molar-refractivity contribution in [1.29, 1.82) is 0 Å². The molecule has 0 aliphatic carbocycles. The summed E-state index contributed by atoms with van der Waals surface area (Å²) < 4.78 is 16.3. The van der Waals surface area contributed by atoms with Gasteiger partial charge in [0.2, 0.25) is 0 Å². The first-order valence-electron chi connectivity index (χ1n) is 9.24. The molecule has 4 rings (SSSR count). The normalized spacial score (nSPS) is 14.0. The molecule has 29 heavy (non-hydrogen) atoms. The van der Waals surface area contributed by atoms with Crippen LogP contribution < -0.4 is 15.0 Å². The molecule has 2 aromatic heterocycles. The molecule has 3 heterocycles. The molecule has 9 heteroatoms. The molecule has 1 aliphatic rings. The largest absolute Gasteiger partial charge is 0.486 e. The maximum Gasteiger partial charge on any atom is 0.348 e. The lowest BCUT2D eigenvalue weighted by molar-refractivity contribution is 0.0531. The van der Waals surface area contributed by atoms with Gasteiger partial charge in [0.1, 0.15) is 28.7 Å². The van der Waals surface area contributed by atoms with Crippen LogP contribution in [0.5, 0.6) is 11.5 Å². The van der Waals surface area contributed by atoms with Gasteiger partial charge >= 0.3 is 5.97 Å². The molecule has 0 radical (unpaired) electrons. The van der Waals surface area contributed by atoms with E-state index < -0.39 is 5.97 Å². The maximum atomic E-state index is 12.7. The second-order valence-corrected chi connectivity index (χ2v) is 8.89. The molecule has 1 N–H and O–H groups in total. The van der Waals surface area contributed by atoms with E-state index in [1.165, 1.54) is 11.3 Å². The van der Waals surface area contributed by atoms with Gasteiger partial charge in [-0.1, -0.05) is 0 Å². The summed E-state index contributed by atoms with van der Waals surface area (Å²) in [6.07, 6.45) is 0. The number of aromatic amines is 1. The van der Waals surface area contributed by atoms with E-state index in [9.17, 15) is 9.59 Å². The first kappa shape index (κ1) is 19.8. The van der Waals surface area contributed by atoms with E-state index >= 15 is 0 Å². The smallest absolute Gasteiger partial charge is 0.348 e. The van der Waals surface area contributed by atoms with Crippen molar-refractivity contribution in [3.63, 3.8) is 0 Å². The molecule has 0 saturated heterocycles. The Morgan fingerprint density at radius 3 is 2.86 bits per heavy atom. The molecular weight excluding hydrogens is 412 g/mol. The van der Waals surface area contributed by atoms with Crippen LogP contribution in [0.1, 0.15) is 40.2 Å². The third-order valence-electron chi connectivity index (χ3n) is 4.49. The van der Waals surface area contributed by atoms with Crippen molar-refractivity contribution in [2.24, 2.45) is 0 Å². The molecule has 1 atom stereocenters. The fraction of sp³-hybridized carbons (Fsp3) is 0.350. The number of hydrogen-bond donors (Lipinski definition) is 1. The van der Waals surface area contributed by atoms with Crippen LogP contribution >= 0.6 is 23.1 Å². The molecule has 152 valence electrons. The highest BCUT2D eigenvalue weighted by atomic mass is 32.2. The zero-order chi connectivity index (χ0) is 20.5. The molecular formula is C20H20N2O5S2. The predicted octanol–water partition coefficient (Wildman–Crippen LogP) is 4.09. The fourth-order valence-corrected chi connectivity index (χ4v) is 5.14. The van der Waals surface area contributed by atoms with Crippen LogP contribution in [0.4, 0.5) is 0 Å². The highest BCUT2D eigenvalue weighted by Crippen LogP contribution is 2.39. The number of aryl methyl sites for hydroxylation is 1. The van der Waals surface area contributed by atoms with Gasteiger partial charge < -0.3 is 19.2 Å². The summed E-state index contributed by atoms with van der Waals surface area (Å²) in [5, 5.41) is 0.335. The van der Waals surface area contributed by atoms with Gasteiger partial charge in [-0.15, -0.1) is 23.1 Å². The Morgan fingerprint density at radius 1 is 1.34 bits per heavy atom. The van der Waals surface area contributed by atoms with Crippen molar-refractivity contribution in [3.8, 4) is 11.5 Å². The van der Waals surface area contributed by atoms with Crippen LogP contribution in [0, 0.1) is 6.92 Å². The van der Waals surface area contributed by atoms with E-state index in [4.69, 9.17) is 14.2 Å². The van der Waals surface area contributed by atoms with Crippen molar-refractivity contribution in [3.05, 3.63) is 44.8 Å². The minimum absolute atomic E-state index is 0.108. The van der Waals surface area contributed by atoms with E-state index in [-0.39, 0.29) is 17.4 Å². The van der Waals surface area contributed by atoms with Crippen molar-refractivity contribution in [2.75, 3.05) is 19.8 Å². The molecule has 1 unspecified atom stereocenters. The first-order chi connectivity index (χ1) is 14.0. The van der Waals surface area contributed by atoms with E-state index in [0.717, 1.165) is 16.4 Å². The van der Waals surface area contributed by atoms with Crippen LogP contribution in [0.25, 0.3) is 10.2 Å². The van der Waals surface area contributed by atoms with Crippen molar-refractivity contribution >= 4 is 39.3 Å². The Kier molecular flexibility index (Phi) is 5.51. The third kappa shape index (κ3) is 3.84. The number of carbonyl (C=O) groups excluding carboxylic acids is 1. The fourth-order valence-electron chi connectivity index (χ4n) is 3.10. The Labute approximate surface area is 175 Å². The lowest BCUT2D eigenvalue weighted by atomic mass is 10.2. The van der Waals surface area contributed by atoms with E-state index in [1.807, 2.05) is 25.1 Å². The monoisotopic (exact) mass is 432 g/mol. The maximum absolute atomic E-state index is 12.7. The number of rotatable bonds is 5. The van der Waals surface area contributed by atoms with Crippen LogP contribution in [-0.2, 0) is 4.74 Å². The topological polar surface area (TPSA) is 90.5 Å². The number of nitrogens with zero attached hydrogens (tertiary/aromatic N) is 1. The van der Waals surface area contributed by atoms with Crippen LogP contribution in [0.3, 0.4) is 0 Å². The SMILES string of the molecule is CCOC(=O)c1sc2nc(C(C)Sc3ccc4c(c3)OCCO4)[nH]c(=O)c2c1C. The third-order valence-corrected chi connectivity index (χ3v) is 6.76. The summed E-state index contributed by atoms with van der Waals surface area (Å²) in [5.41, 5.74) is 0.361. The molecule has 0 saturated carbocycles. The van der Waals surface area contributed by atoms with Gasteiger partial charge in [0, 0.05) is 4.90 Å². The van der Waals surface area contributed by atoms with Gasteiger partial charge in [0.25, 0.3) is 5.56 Å². The summed E-state index contributed by atoms with van der Waals surface area (Å²) in [7, 11) is 0. The zero-order valence-corrected chi connectivity index (χ0v) is 17.9. The number of carbonyl (C=O) groups is 1. The van der Waals surface area contributed by atoms with Gasteiger partial charge in [-0.25, -0.2) is 9.78 Å². The van der Waals surface area contributed by atoms with Crippen molar-refractivity contribution in [1.82, 2.24) is 9.97 Å². The summed E-state index contributed by atoms with van der Waals surface area (Å²) in [6.45, 7) is 6.83. The molecule has 1 aliphatic heterocycles. The number of thioether (sulfide) groups is 1. The molecule has 0 bridgehead atoms. The number of ether oxygens (including phenoxy) is 3. The lowest BCUT2D eigenvalue weighted by Gasteiger charge is -2.19. The highest BCUT2D eigenvalue weighted by molar-refractivity contribution is 7.99. The number of nitrogens with one attached hydrogen (secondary N) is 1. The average molecular weight is 433 g/mol. The number of H-pyrrole nitrogens is 1. The van der Waals surface area contributed by atoms with Crippen molar-refractivity contribution in [2.45, 2.75) is 30.9 Å². The van der Waals surface area contributed by atoms with Crippen LogP contribution in [-0.4, -0.2) is 35.8 Å². The summed E-state index contributed by atoms with van der Waals surface area (Å²) in [5.74, 6) is 1.59. The summed E-state index contributed by atoms with van der Waals surface area (Å²) in [4.78, 5) is 34.3. The zero-order valence-electron chi connectivity index (χ0n) is 16.2. The predicted molar refractivity (Wildman–Crippen MR) is 113 cm³/mol. The van der Waals surface area contributed by atoms with Gasteiger partial charge in [-0.05, 0) is 44.5 Å². The van der Waals surface area contributed by atoms with Gasteiger partial charge in [-0.2, -0.15) is 0 Å². The number of hydrogen-bond acceptors (Lipinski definition) is 8. The molecule has 7 nitrogen and oxygen atoms in total.